The Morgan fingerprint density at radius 1 is 1.33 bits per heavy atom. The van der Waals surface area contributed by atoms with Gasteiger partial charge in [-0.1, -0.05) is 30.3 Å². The van der Waals surface area contributed by atoms with Crippen molar-refractivity contribution in [3.05, 3.63) is 35.9 Å². The van der Waals surface area contributed by atoms with Crippen LogP contribution in [-0.2, 0) is 11.2 Å². The summed E-state index contributed by atoms with van der Waals surface area (Å²) in [4.78, 5) is 11.6. The number of aliphatic hydroxyl groups is 1. The molecule has 15 heavy (non-hydrogen) atoms. The normalized spacial score (nSPS) is 11.1. The first kappa shape index (κ1) is 11.7. The highest BCUT2D eigenvalue weighted by Crippen LogP contribution is 2.03. The Morgan fingerprint density at radius 2 is 1.93 bits per heavy atom. The molecular weight excluding hydrogens is 190 g/mol. The number of benzene rings is 1. The summed E-state index contributed by atoms with van der Waals surface area (Å²) < 4.78 is 0. The quantitative estimate of drug-likeness (QED) is 0.777. The maximum Gasteiger partial charge on any atom is 0.224 e. The van der Waals surface area contributed by atoms with E-state index in [2.05, 4.69) is 5.32 Å². The molecule has 0 atom stereocenters. The van der Waals surface area contributed by atoms with Gasteiger partial charge in [0.05, 0.1) is 18.6 Å². The highest BCUT2D eigenvalue weighted by atomic mass is 16.3. The summed E-state index contributed by atoms with van der Waals surface area (Å²) in [5.41, 5.74) is 0.426. The molecule has 3 nitrogen and oxygen atoms in total. The fraction of sp³-hybridized carbons (Fsp3) is 0.417. The molecule has 0 unspecified atom stereocenters. The topological polar surface area (TPSA) is 49.3 Å². The lowest BCUT2D eigenvalue weighted by molar-refractivity contribution is -0.122. The van der Waals surface area contributed by atoms with Crippen molar-refractivity contribution in [1.29, 1.82) is 0 Å². The third-order valence-corrected chi connectivity index (χ3v) is 2.08. The third kappa shape index (κ3) is 4.13. The summed E-state index contributed by atoms with van der Waals surface area (Å²) in [6.45, 7) is 3.51. The van der Waals surface area contributed by atoms with E-state index < -0.39 is 5.54 Å². The van der Waals surface area contributed by atoms with Gasteiger partial charge in [0.2, 0.25) is 5.91 Å². The molecule has 1 amide bonds. The minimum absolute atomic E-state index is 0.0620. The van der Waals surface area contributed by atoms with Gasteiger partial charge in [0, 0.05) is 0 Å². The summed E-state index contributed by atoms with van der Waals surface area (Å²) in [5, 5.41) is 11.8. The fourth-order valence-corrected chi connectivity index (χ4v) is 1.24. The Bertz CT molecular complexity index is 320. The summed E-state index contributed by atoms with van der Waals surface area (Å²) in [7, 11) is 0. The lowest BCUT2D eigenvalue weighted by atomic mass is 10.1. The Morgan fingerprint density at radius 3 is 2.47 bits per heavy atom. The number of carbonyl (C=O) groups is 1. The van der Waals surface area contributed by atoms with Gasteiger partial charge in [0.1, 0.15) is 0 Å². The molecule has 0 fully saturated rings. The van der Waals surface area contributed by atoms with E-state index in [1.54, 1.807) is 13.8 Å². The Labute approximate surface area is 90.1 Å². The number of amides is 1. The van der Waals surface area contributed by atoms with Crippen LogP contribution >= 0.6 is 0 Å². The van der Waals surface area contributed by atoms with Gasteiger partial charge in [-0.15, -0.1) is 0 Å². The van der Waals surface area contributed by atoms with Crippen LogP contribution in [0.15, 0.2) is 30.3 Å². The average Bonchev–Trinajstić information content (AvgIpc) is 2.18. The molecule has 0 aliphatic carbocycles. The maximum absolute atomic E-state index is 11.6. The smallest absolute Gasteiger partial charge is 0.224 e. The number of nitrogens with one attached hydrogen (secondary N) is 1. The molecule has 1 rings (SSSR count). The molecule has 0 saturated carbocycles. The van der Waals surface area contributed by atoms with E-state index in [9.17, 15) is 4.79 Å². The SMILES string of the molecule is CC(C)(CO)NC(=O)Cc1ccccc1. The van der Waals surface area contributed by atoms with Crippen molar-refractivity contribution in [3.8, 4) is 0 Å². The van der Waals surface area contributed by atoms with Crippen LogP contribution in [0.25, 0.3) is 0 Å². The van der Waals surface area contributed by atoms with Gasteiger partial charge in [-0.25, -0.2) is 0 Å². The maximum atomic E-state index is 11.6. The minimum atomic E-state index is -0.550. The number of rotatable bonds is 4. The highest BCUT2D eigenvalue weighted by molar-refractivity contribution is 5.79. The minimum Gasteiger partial charge on any atom is -0.394 e. The van der Waals surface area contributed by atoms with Crippen LogP contribution in [0, 0.1) is 0 Å². The molecule has 3 heteroatoms. The van der Waals surface area contributed by atoms with Crippen molar-refractivity contribution in [2.75, 3.05) is 6.61 Å². The molecular formula is C12H17NO2. The summed E-state index contributed by atoms with van der Waals surface area (Å²) >= 11 is 0. The zero-order valence-corrected chi connectivity index (χ0v) is 9.16. The van der Waals surface area contributed by atoms with Gasteiger partial charge in [-0.05, 0) is 19.4 Å². The third-order valence-electron chi connectivity index (χ3n) is 2.08. The van der Waals surface area contributed by atoms with E-state index in [0.29, 0.717) is 6.42 Å². The fourth-order valence-electron chi connectivity index (χ4n) is 1.24. The first-order valence-corrected chi connectivity index (χ1v) is 4.99. The number of hydrogen-bond acceptors (Lipinski definition) is 2. The molecule has 0 radical (unpaired) electrons. The van der Waals surface area contributed by atoms with Crippen molar-refractivity contribution >= 4 is 5.91 Å². The first-order valence-electron chi connectivity index (χ1n) is 4.99. The van der Waals surface area contributed by atoms with Crippen LogP contribution in [0.3, 0.4) is 0 Å². The molecule has 2 N–H and O–H groups in total. The predicted molar refractivity (Wildman–Crippen MR) is 59.5 cm³/mol. The van der Waals surface area contributed by atoms with Crippen LogP contribution in [-0.4, -0.2) is 23.2 Å². The van der Waals surface area contributed by atoms with Crippen LogP contribution in [0.2, 0.25) is 0 Å². The molecule has 0 aromatic heterocycles. The van der Waals surface area contributed by atoms with E-state index >= 15 is 0 Å². The van der Waals surface area contributed by atoms with Crippen molar-refractivity contribution < 1.29 is 9.90 Å². The number of carbonyl (C=O) groups excluding carboxylic acids is 1. The molecule has 0 saturated heterocycles. The van der Waals surface area contributed by atoms with E-state index in [0.717, 1.165) is 5.56 Å². The molecule has 0 aliphatic heterocycles. The average molecular weight is 207 g/mol. The molecule has 1 aromatic rings. The van der Waals surface area contributed by atoms with E-state index in [4.69, 9.17) is 5.11 Å². The van der Waals surface area contributed by atoms with Crippen LogP contribution < -0.4 is 5.32 Å². The Balaban J connectivity index is 2.51. The lowest BCUT2D eigenvalue weighted by Crippen LogP contribution is -2.46. The largest absolute Gasteiger partial charge is 0.394 e. The van der Waals surface area contributed by atoms with Crippen LogP contribution in [0.1, 0.15) is 19.4 Å². The van der Waals surface area contributed by atoms with E-state index in [1.165, 1.54) is 0 Å². The van der Waals surface area contributed by atoms with Crippen LogP contribution in [0.5, 0.6) is 0 Å². The molecule has 82 valence electrons. The van der Waals surface area contributed by atoms with Gasteiger partial charge in [0.25, 0.3) is 0 Å². The zero-order chi connectivity index (χ0) is 11.3. The zero-order valence-electron chi connectivity index (χ0n) is 9.16. The van der Waals surface area contributed by atoms with Crippen molar-refractivity contribution in [1.82, 2.24) is 5.32 Å². The number of aliphatic hydroxyl groups excluding tert-OH is 1. The molecule has 0 spiro atoms. The summed E-state index contributed by atoms with van der Waals surface area (Å²) in [6, 6.07) is 9.54. The van der Waals surface area contributed by atoms with Crippen molar-refractivity contribution in [2.24, 2.45) is 0 Å². The van der Waals surface area contributed by atoms with Gasteiger partial charge in [-0.2, -0.15) is 0 Å². The van der Waals surface area contributed by atoms with Gasteiger partial charge in [-0.3, -0.25) is 4.79 Å². The second kappa shape index (κ2) is 4.94. The van der Waals surface area contributed by atoms with Gasteiger partial charge < -0.3 is 10.4 Å². The monoisotopic (exact) mass is 207 g/mol. The van der Waals surface area contributed by atoms with Crippen LogP contribution in [0.4, 0.5) is 0 Å². The summed E-state index contributed by atoms with van der Waals surface area (Å²) in [6.07, 6.45) is 0.351. The van der Waals surface area contributed by atoms with E-state index in [1.807, 2.05) is 30.3 Å². The van der Waals surface area contributed by atoms with Gasteiger partial charge >= 0.3 is 0 Å². The number of hydrogen-bond donors (Lipinski definition) is 2. The van der Waals surface area contributed by atoms with Crippen molar-refractivity contribution in [2.45, 2.75) is 25.8 Å². The second-order valence-corrected chi connectivity index (χ2v) is 4.25. The molecule has 0 bridgehead atoms. The second-order valence-electron chi connectivity index (χ2n) is 4.25. The molecule has 0 heterocycles. The molecule has 0 aliphatic rings. The van der Waals surface area contributed by atoms with Gasteiger partial charge in [0.15, 0.2) is 0 Å². The predicted octanol–water partition coefficient (Wildman–Crippen LogP) is 1.12. The molecule has 1 aromatic carbocycles. The first-order chi connectivity index (χ1) is 7.03. The summed E-state index contributed by atoms with van der Waals surface area (Å²) in [5.74, 6) is -0.0692. The highest BCUT2D eigenvalue weighted by Gasteiger charge is 2.18. The standard InChI is InChI=1S/C12H17NO2/c1-12(2,9-14)13-11(15)8-10-6-4-3-5-7-10/h3-7,14H,8-9H2,1-2H3,(H,13,15). The Hall–Kier alpha value is -1.35. The van der Waals surface area contributed by atoms with E-state index in [-0.39, 0.29) is 12.5 Å². The van der Waals surface area contributed by atoms with Crippen molar-refractivity contribution in [3.63, 3.8) is 0 Å². The lowest BCUT2D eigenvalue weighted by Gasteiger charge is -2.23. The Kier molecular flexibility index (Phi) is 3.86.